The average Bonchev–Trinajstić information content (AvgIpc) is 1.76. The summed E-state index contributed by atoms with van der Waals surface area (Å²) in [5.41, 5.74) is 0. The van der Waals surface area contributed by atoms with E-state index in [4.69, 9.17) is 0 Å². The maximum absolute atomic E-state index is 2.99. The Balaban J connectivity index is -0.00000000521. The minimum atomic E-state index is 0. The van der Waals surface area contributed by atoms with Crippen LogP contribution in [0.5, 0.6) is 0 Å². The molecule has 0 unspecified atom stereocenters. The average molecular weight is 354 g/mol. The van der Waals surface area contributed by atoms with Gasteiger partial charge in [-0.2, -0.15) is 6.08 Å². The smallest absolute Gasteiger partial charge is 0.358 e. The van der Waals surface area contributed by atoms with E-state index < -0.39 is 0 Å². The molecular formula is C10H22Br2Cr. The Morgan fingerprint density at radius 3 is 1.31 bits per heavy atom. The minimum Gasteiger partial charge on any atom is -0.358 e. The van der Waals surface area contributed by atoms with Crippen molar-refractivity contribution in [3.8, 4) is 0 Å². The summed E-state index contributed by atoms with van der Waals surface area (Å²) in [6.45, 7) is 0. The molecule has 1 rings (SSSR count). The Morgan fingerprint density at radius 1 is 0.846 bits per heavy atom. The van der Waals surface area contributed by atoms with Gasteiger partial charge >= 0.3 is 17.4 Å². The summed E-state index contributed by atoms with van der Waals surface area (Å²) in [5, 5.41) is 0. The summed E-state index contributed by atoms with van der Waals surface area (Å²) in [7, 11) is 0. The second kappa shape index (κ2) is 52.1. The molecule has 0 atom stereocenters. The largest absolute Gasteiger partial charge is 6.00 e. The van der Waals surface area contributed by atoms with Crippen LogP contribution in [0.1, 0.15) is 6.42 Å². The molecule has 0 saturated carbocycles. The molecule has 0 aliphatic heterocycles. The number of allylic oxidation sites excluding steroid dienone is 4. The van der Waals surface area contributed by atoms with E-state index in [2.05, 4.69) is 12.2 Å². The number of halogens is 2. The summed E-state index contributed by atoms with van der Waals surface area (Å²) >= 11 is 0. The van der Waals surface area contributed by atoms with Crippen LogP contribution < -0.4 is 0 Å². The summed E-state index contributed by atoms with van der Waals surface area (Å²) < 4.78 is 0. The van der Waals surface area contributed by atoms with Crippen molar-refractivity contribution >= 4 is 34.0 Å². The molecule has 82 valence electrons. The van der Waals surface area contributed by atoms with Gasteiger partial charge in [0.05, 0.1) is 0 Å². The predicted octanol–water partition coefficient (Wildman–Crippen LogP) is 4.71. The van der Waals surface area contributed by atoms with Gasteiger partial charge in [-0.1, -0.05) is 0 Å². The van der Waals surface area contributed by atoms with Gasteiger partial charge in [0, 0.05) is 0 Å². The van der Waals surface area contributed by atoms with Crippen molar-refractivity contribution in [3.05, 3.63) is 61.4 Å². The summed E-state index contributed by atoms with van der Waals surface area (Å²) in [6.07, 6.45) is 10.0. The zero-order valence-corrected chi connectivity index (χ0v) is 13.9. The Bertz CT molecular complexity index is 71.0. The van der Waals surface area contributed by atoms with Gasteiger partial charge in [-0.15, -0.1) is 40.4 Å². The topological polar surface area (TPSA) is 0 Å². The van der Waals surface area contributed by atoms with Crippen molar-refractivity contribution in [1.29, 1.82) is 0 Å². The molecule has 0 spiro atoms. The monoisotopic (exact) mass is 352 g/mol. The molecule has 0 heterocycles. The van der Waals surface area contributed by atoms with Gasteiger partial charge in [0.25, 0.3) is 0 Å². The van der Waals surface area contributed by atoms with Crippen LogP contribution in [0.15, 0.2) is 18.2 Å². The molecule has 0 saturated heterocycles. The van der Waals surface area contributed by atoms with Crippen LogP contribution in [0.25, 0.3) is 0 Å². The first-order valence-electron chi connectivity index (χ1n) is 1.72. The van der Waals surface area contributed by atoms with E-state index in [1.165, 1.54) is 0 Å². The molecule has 0 amide bonds. The summed E-state index contributed by atoms with van der Waals surface area (Å²) in [5.74, 6) is 0. The third kappa shape index (κ3) is 43.8. The molecule has 13 heavy (non-hydrogen) atoms. The zero-order valence-electron chi connectivity index (χ0n) is 9.16. The van der Waals surface area contributed by atoms with E-state index in [1.807, 2.05) is 12.2 Å². The second-order valence-corrected chi connectivity index (χ2v) is 1.00. The third-order valence-electron chi connectivity index (χ3n) is 0.586. The molecular weight excluding hydrogens is 332 g/mol. The van der Waals surface area contributed by atoms with E-state index in [0.717, 1.165) is 6.42 Å². The van der Waals surface area contributed by atoms with Crippen molar-refractivity contribution in [2.75, 3.05) is 0 Å². The van der Waals surface area contributed by atoms with Crippen LogP contribution in [-0.4, -0.2) is 0 Å². The fourth-order valence-electron chi connectivity index (χ4n) is 0.340. The zero-order chi connectivity index (χ0) is 3.54. The number of rotatable bonds is 0. The molecule has 0 aromatic rings. The first kappa shape index (κ1) is 65.9. The van der Waals surface area contributed by atoms with Crippen LogP contribution in [-0.2, 0) is 17.4 Å². The van der Waals surface area contributed by atoms with E-state index in [9.17, 15) is 0 Å². The third-order valence-corrected chi connectivity index (χ3v) is 0.586. The molecule has 0 N–H and O–H groups in total. The molecule has 3 heteroatoms. The Hall–Kier alpha value is 0.972. The Kier molecular flexibility index (Phi) is 264. The first-order valence-corrected chi connectivity index (χ1v) is 1.72. The van der Waals surface area contributed by atoms with Crippen molar-refractivity contribution < 1.29 is 17.4 Å². The van der Waals surface area contributed by atoms with Crippen LogP contribution in [0.3, 0.4) is 0 Å². The molecule has 0 bridgehead atoms. The standard InChI is InChI=1S/C5H5.5CH3.2BrH.Cr/c1-2-4-5-3-1;;;;;;;;/h1-3H,4H2;5*1H3;2*1H;/q6*-1;;;+6. The number of hydrogen-bond acceptors (Lipinski definition) is 0. The minimum absolute atomic E-state index is 0. The SMILES string of the molecule is Br.Br.[C-]1=CC=CC1.[CH3-].[CH3-].[CH3-].[CH3-].[CH3-].[Cr+6]. The van der Waals surface area contributed by atoms with Gasteiger partial charge < -0.3 is 37.1 Å². The second-order valence-electron chi connectivity index (χ2n) is 1.00. The van der Waals surface area contributed by atoms with Crippen molar-refractivity contribution in [1.82, 2.24) is 0 Å². The quantitative estimate of drug-likeness (QED) is 0.553. The molecule has 0 aromatic carbocycles. The normalized spacial score (nSPS) is 6.77. The van der Waals surface area contributed by atoms with Crippen LogP contribution in [0.4, 0.5) is 0 Å². The Labute approximate surface area is 119 Å². The molecule has 0 radical (unpaired) electrons. The summed E-state index contributed by atoms with van der Waals surface area (Å²) in [4.78, 5) is 0. The van der Waals surface area contributed by atoms with E-state index in [-0.39, 0.29) is 88.5 Å². The van der Waals surface area contributed by atoms with Gasteiger partial charge in [-0.3, -0.25) is 6.08 Å². The fraction of sp³-hybridized carbons (Fsp3) is 0.100. The van der Waals surface area contributed by atoms with Crippen molar-refractivity contribution in [2.45, 2.75) is 6.42 Å². The molecule has 0 fully saturated rings. The van der Waals surface area contributed by atoms with Crippen LogP contribution in [0, 0.1) is 43.2 Å². The maximum atomic E-state index is 2.99. The molecule has 1 aliphatic rings. The van der Waals surface area contributed by atoms with Crippen molar-refractivity contribution in [3.63, 3.8) is 0 Å². The summed E-state index contributed by atoms with van der Waals surface area (Å²) in [6, 6.07) is 0. The molecule has 1 aliphatic carbocycles. The van der Waals surface area contributed by atoms with E-state index >= 15 is 0 Å². The maximum Gasteiger partial charge on any atom is 6.00 e. The first-order chi connectivity index (χ1) is 2.50. The molecule has 0 aromatic heterocycles. The Morgan fingerprint density at radius 2 is 1.23 bits per heavy atom. The van der Waals surface area contributed by atoms with Gasteiger partial charge in [0.2, 0.25) is 0 Å². The van der Waals surface area contributed by atoms with Gasteiger partial charge in [-0.25, -0.2) is 12.2 Å². The van der Waals surface area contributed by atoms with E-state index in [1.54, 1.807) is 0 Å². The van der Waals surface area contributed by atoms with Crippen LogP contribution >= 0.6 is 34.0 Å². The fourth-order valence-corrected chi connectivity index (χ4v) is 0.340. The molecule has 0 nitrogen and oxygen atoms in total. The van der Waals surface area contributed by atoms with Crippen molar-refractivity contribution in [2.24, 2.45) is 0 Å². The number of hydrogen-bond donors (Lipinski definition) is 0. The van der Waals surface area contributed by atoms with Gasteiger partial charge in [0.1, 0.15) is 0 Å². The van der Waals surface area contributed by atoms with Gasteiger partial charge in [0.15, 0.2) is 0 Å². The van der Waals surface area contributed by atoms with Crippen LogP contribution in [0.2, 0.25) is 0 Å². The predicted molar refractivity (Wildman–Crippen MR) is 74.3 cm³/mol. The van der Waals surface area contributed by atoms with E-state index in [0.29, 0.717) is 0 Å². The van der Waals surface area contributed by atoms with Gasteiger partial charge in [-0.05, 0) is 0 Å².